The zero-order valence-corrected chi connectivity index (χ0v) is 11.3. The molecule has 0 bridgehead atoms. The highest BCUT2D eigenvalue weighted by Crippen LogP contribution is 2.39. The minimum atomic E-state index is 0.298. The van der Waals surface area contributed by atoms with Crippen LogP contribution in [0.1, 0.15) is 5.56 Å². The van der Waals surface area contributed by atoms with Crippen molar-refractivity contribution in [3.8, 4) is 27.3 Å². The molecule has 3 aromatic rings. The Bertz CT molecular complexity index is 704. The van der Waals surface area contributed by atoms with Crippen LogP contribution in [0.3, 0.4) is 0 Å². The molecular formula is C16H13NOS. The van der Waals surface area contributed by atoms with Gasteiger partial charge in [0.1, 0.15) is 5.75 Å². The SMILES string of the molecule is Cc1ccc(O)c(-c2sncc2-c2ccccc2)c1. The first-order valence-electron chi connectivity index (χ1n) is 6.06. The molecule has 2 aromatic carbocycles. The van der Waals surface area contributed by atoms with Gasteiger partial charge in [-0.1, -0.05) is 42.0 Å². The van der Waals surface area contributed by atoms with Crippen molar-refractivity contribution in [3.05, 3.63) is 60.3 Å². The van der Waals surface area contributed by atoms with Crippen LogP contribution in [0.4, 0.5) is 0 Å². The van der Waals surface area contributed by atoms with Crippen molar-refractivity contribution in [2.24, 2.45) is 0 Å². The Balaban J connectivity index is 2.18. The van der Waals surface area contributed by atoms with Crippen molar-refractivity contribution in [3.63, 3.8) is 0 Å². The first-order chi connectivity index (χ1) is 9.25. The summed E-state index contributed by atoms with van der Waals surface area (Å²) in [5.41, 5.74) is 4.15. The van der Waals surface area contributed by atoms with E-state index in [2.05, 4.69) is 16.5 Å². The third-order valence-corrected chi connectivity index (χ3v) is 3.89. The van der Waals surface area contributed by atoms with Crippen molar-refractivity contribution in [2.75, 3.05) is 0 Å². The molecule has 1 aromatic heterocycles. The average molecular weight is 267 g/mol. The van der Waals surface area contributed by atoms with Crippen LogP contribution in [0, 0.1) is 6.92 Å². The van der Waals surface area contributed by atoms with E-state index in [1.54, 1.807) is 6.07 Å². The van der Waals surface area contributed by atoms with E-state index in [0.717, 1.165) is 27.1 Å². The summed E-state index contributed by atoms with van der Waals surface area (Å²) in [5.74, 6) is 0.298. The van der Waals surface area contributed by atoms with Gasteiger partial charge in [0.05, 0.1) is 4.88 Å². The molecule has 2 nitrogen and oxygen atoms in total. The van der Waals surface area contributed by atoms with E-state index in [4.69, 9.17) is 0 Å². The molecule has 0 atom stereocenters. The van der Waals surface area contributed by atoms with Crippen molar-refractivity contribution in [2.45, 2.75) is 6.92 Å². The van der Waals surface area contributed by atoms with Gasteiger partial charge in [0, 0.05) is 17.3 Å². The van der Waals surface area contributed by atoms with E-state index < -0.39 is 0 Å². The lowest BCUT2D eigenvalue weighted by atomic mass is 10.0. The van der Waals surface area contributed by atoms with Gasteiger partial charge in [-0.3, -0.25) is 0 Å². The fraction of sp³-hybridized carbons (Fsp3) is 0.0625. The van der Waals surface area contributed by atoms with Crippen LogP contribution in [-0.4, -0.2) is 9.48 Å². The number of phenols is 1. The van der Waals surface area contributed by atoms with Crippen LogP contribution < -0.4 is 0 Å². The molecule has 0 spiro atoms. The van der Waals surface area contributed by atoms with Crippen LogP contribution in [0.2, 0.25) is 0 Å². The highest BCUT2D eigenvalue weighted by atomic mass is 32.1. The molecule has 0 amide bonds. The zero-order valence-electron chi connectivity index (χ0n) is 10.5. The summed E-state index contributed by atoms with van der Waals surface area (Å²) in [6.07, 6.45) is 1.86. The number of aromatic nitrogens is 1. The summed E-state index contributed by atoms with van der Waals surface area (Å²) >= 11 is 1.41. The Morgan fingerprint density at radius 1 is 1.00 bits per heavy atom. The van der Waals surface area contributed by atoms with Gasteiger partial charge in [-0.25, -0.2) is 0 Å². The summed E-state index contributed by atoms with van der Waals surface area (Å²) in [7, 11) is 0. The molecule has 0 unspecified atom stereocenters. The van der Waals surface area contributed by atoms with Crippen molar-refractivity contribution in [1.29, 1.82) is 0 Å². The molecule has 0 aliphatic rings. The first kappa shape index (κ1) is 11.9. The molecule has 3 rings (SSSR count). The number of benzene rings is 2. The first-order valence-corrected chi connectivity index (χ1v) is 6.83. The van der Waals surface area contributed by atoms with E-state index in [9.17, 15) is 5.11 Å². The third kappa shape index (κ3) is 2.25. The van der Waals surface area contributed by atoms with Crippen molar-refractivity contribution >= 4 is 11.5 Å². The second-order valence-corrected chi connectivity index (χ2v) is 5.26. The van der Waals surface area contributed by atoms with Gasteiger partial charge >= 0.3 is 0 Å². The monoisotopic (exact) mass is 267 g/mol. The molecule has 3 heteroatoms. The number of hydrogen-bond donors (Lipinski definition) is 1. The van der Waals surface area contributed by atoms with Crippen LogP contribution in [-0.2, 0) is 0 Å². The number of aromatic hydroxyl groups is 1. The quantitative estimate of drug-likeness (QED) is 0.742. The van der Waals surface area contributed by atoms with Crippen LogP contribution in [0.5, 0.6) is 5.75 Å². The second kappa shape index (κ2) is 4.86. The van der Waals surface area contributed by atoms with Crippen LogP contribution in [0.25, 0.3) is 21.6 Å². The summed E-state index contributed by atoms with van der Waals surface area (Å²) in [5, 5.41) is 10.1. The molecule has 19 heavy (non-hydrogen) atoms. The van der Waals surface area contributed by atoms with Gasteiger partial charge in [-0.15, -0.1) is 0 Å². The largest absolute Gasteiger partial charge is 0.507 e. The van der Waals surface area contributed by atoms with Gasteiger partial charge in [-0.2, -0.15) is 4.37 Å². The molecular weight excluding hydrogens is 254 g/mol. The minimum absolute atomic E-state index is 0.298. The standard InChI is InChI=1S/C16H13NOS/c1-11-7-8-15(18)13(9-11)16-14(10-17-19-16)12-5-3-2-4-6-12/h2-10,18H,1H3. The van der Waals surface area contributed by atoms with E-state index in [1.807, 2.05) is 43.5 Å². The Labute approximate surface area is 116 Å². The highest BCUT2D eigenvalue weighted by molar-refractivity contribution is 7.10. The zero-order chi connectivity index (χ0) is 13.2. The van der Waals surface area contributed by atoms with Gasteiger partial charge < -0.3 is 5.11 Å². The summed E-state index contributed by atoms with van der Waals surface area (Å²) in [6.45, 7) is 2.02. The van der Waals surface area contributed by atoms with E-state index in [1.165, 1.54) is 11.5 Å². The van der Waals surface area contributed by atoms with Crippen molar-refractivity contribution in [1.82, 2.24) is 4.37 Å². The number of nitrogens with zero attached hydrogens (tertiary/aromatic N) is 1. The molecule has 0 radical (unpaired) electrons. The fourth-order valence-corrected chi connectivity index (χ4v) is 2.88. The molecule has 94 valence electrons. The van der Waals surface area contributed by atoms with E-state index in [-0.39, 0.29) is 0 Å². The molecule has 1 heterocycles. The van der Waals surface area contributed by atoms with Crippen LogP contribution >= 0.6 is 11.5 Å². The predicted octanol–water partition coefficient (Wildman–Crippen LogP) is 4.49. The Kier molecular flexibility index (Phi) is 3.05. The lowest BCUT2D eigenvalue weighted by molar-refractivity contribution is 0.477. The normalized spacial score (nSPS) is 10.6. The summed E-state index contributed by atoms with van der Waals surface area (Å²) in [4.78, 5) is 1.01. The van der Waals surface area contributed by atoms with Gasteiger partial charge in [-0.05, 0) is 36.2 Å². The molecule has 0 saturated carbocycles. The number of phenolic OH excluding ortho intramolecular Hbond substituents is 1. The van der Waals surface area contributed by atoms with Crippen molar-refractivity contribution < 1.29 is 5.11 Å². The lowest BCUT2D eigenvalue weighted by Gasteiger charge is -2.06. The maximum absolute atomic E-state index is 10.1. The lowest BCUT2D eigenvalue weighted by Crippen LogP contribution is -1.81. The van der Waals surface area contributed by atoms with Gasteiger partial charge in [0.25, 0.3) is 0 Å². The molecule has 0 aliphatic heterocycles. The topological polar surface area (TPSA) is 33.1 Å². The van der Waals surface area contributed by atoms with Crippen LogP contribution in [0.15, 0.2) is 54.7 Å². The molecule has 0 saturated heterocycles. The molecule has 0 aliphatic carbocycles. The minimum Gasteiger partial charge on any atom is -0.507 e. The summed E-state index contributed by atoms with van der Waals surface area (Å²) < 4.78 is 4.28. The molecule has 0 fully saturated rings. The smallest absolute Gasteiger partial charge is 0.124 e. The van der Waals surface area contributed by atoms with E-state index >= 15 is 0 Å². The number of rotatable bonds is 2. The Hall–Kier alpha value is -2.13. The molecule has 1 N–H and O–H groups in total. The predicted molar refractivity (Wildman–Crippen MR) is 79.4 cm³/mol. The summed E-state index contributed by atoms with van der Waals surface area (Å²) in [6, 6.07) is 15.8. The maximum Gasteiger partial charge on any atom is 0.124 e. The Morgan fingerprint density at radius 3 is 2.58 bits per heavy atom. The second-order valence-electron chi connectivity index (χ2n) is 4.46. The van der Waals surface area contributed by atoms with Gasteiger partial charge in [0.2, 0.25) is 0 Å². The highest BCUT2D eigenvalue weighted by Gasteiger charge is 2.13. The van der Waals surface area contributed by atoms with Gasteiger partial charge in [0.15, 0.2) is 0 Å². The van der Waals surface area contributed by atoms with E-state index in [0.29, 0.717) is 5.75 Å². The number of hydrogen-bond acceptors (Lipinski definition) is 3. The number of aryl methyl sites for hydroxylation is 1. The maximum atomic E-state index is 10.1. The fourth-order valence-electron chi connectivity index (χ4n) is 2.09. The Morgan fingerprint density at radius 2 is 1.79 bits per heavy atom. The average Bonchev–Trinajstić information content (AvgIpc) is 2.91. The third-order valence-electron chi connectivity index (χ3n) is 3.05.